The number of hydrogen-bond acceptors (Lipinski definition) is 8. The Bertz CT molecular complexity index is 1060. The van der Waals surface area contributed by atoms with Crippen LogP contribution in [0, 0.1) is 5.82 Å². The van der Waals surface area contributed by atoms with Crippen LogP contribution in [-0.4, -0.2) is 28.2 Å². The first kappa shape index (κ1) is 19.3. The number of nitrogens with one attached hydrogen (secondary N) is 2. The third kappa shape index (κ3) is 4.71. The quantitative estimate of drug-likeness (QED) is 0.547. The van der Waals surface area contributed by atoms with Crippen LogP contribution in [0.3, 0.4) is 0 Å². The molecule has 0 radical (unpaired) electrons. The van der Waals surface area contributed by atoms with Gasteiger partial charge in [-0.2, -0.15) is 0 Å². The number of carbonyl (C=O) groups is 1. The Morgan fingerprint density at radius 2 is 1.93 bits per heavy atom. The van der Waals surface area contributed by atoms with E-state index in [2.05, 4.69) is 30.3 Å². The van der Waals surface area contributed by atoms with Crippen molar-refractivity contribution in [1.29, 1.82) is 0 Å². The number of ether oxygens (including phenoxy) is 2. The fourth-order valence-corrected chi connectivity index (χ4v) is 3.91. The van der Waals surface area contributed by atoms with Crippen molar-refractivity contribution in [3.05, 3.63) is 48.3 Å². The summed E-state index contributed by atoms with van der Waals surface area (Å²) < 4.78 is 48.8. The molecule has 2 aromatic carbocycles. The average molecular weight is 440 g/mol. The van der Waals surface area contributed by atoms with Crippen molar-refractivity contribution in [2.75, 3.05) is 16.4 Å². The molecule has 7 nitrogen and oxygen atoms in total. The number of benzene rings is 2. The smallest absolute Gasteiger partial charge is 0.395 e. The molecule has 1 aromatic heterocycles. The van der Waals surface area contributed by atoms with Crippen LogP contribution in [0.1, 0.15) is 0 Å². The molecule has 0 fully saturated rings. The van der Waals surface area contributed by atoms with Gasteiger partial charge in [-0.3, -0.25) is 4.79 Å². The van der Waals surface area contributed by atoms with Crippen LogP contribution in [0.2, 0.25) is 0 Å². The lowest BCUT2D eigenvalue weighted by Crippen LogP contribution is -2.25. The summed E-state index contributed by atoms with van der Waals surface area (Å²) in [5, 5.41) is 13.6. The third-order valence-electron chi connectivity index (χ3n) is 3.53. The van der Waals surface area contributed by atoms with Crippen LogP contribution in [0.4, 0.5) is 29.7 Å². The number of amides is 1. The number of halogens is 3. The number of thioether (sulfide) groups is 1. The van der Waals surface area contributed by atoms with Crippen molar-refractivity contribution in [3.63, 3.8) is 0 Å². The van der Waals surface area contributed by atoms with Crippen molar-refractivity contribution in [1.82, 2.24) is 10.2 Å². The van der Waals surface area contributed by atoms with Gasteiger partial charge in [0.25, 0.3) is 0 Å². The van der Waals surface area contributed by atoms with Gasteiger partial charge in [0.15, 0.2) is 15.8 Å². The molecule has 0 aliphatic carbocycles. The first-order valence-electron chi connectivity index (χ1n) is 8.05. The van der Waals surface area contributed by atoms with E-state index in [0.29, 0.717) is 9.47 Å². The van der Waals surface area contributed by atoms with Gasteiger partial charge in [-0.1, -0.05) is 35.2 Å². The summed E-state index contributed by atoms with van der Waals surface area (Å²) in [6, 6.07) is 10.1. The molecule has 2 heterocycles. The lowest BCUT2D eigenvalue weighted by atomic mass is 10.3. The van der Waals surface area contributed by atoms with E-state index in [9.17, 15) is 18.0 Å². The molecular formula is C17H11F3N4O3S2. The molecule has 0 saturated heterocycles. The maximum absolute atomic E-state index is 13.6. The molecule has 4 rings (SSSR count). The topological polar surface area (TPSA) is 85.4 Å². The molecule has 1 aliphatic heterocycles. The zero-order valence-corrected chi connectivity index (χ0v) is 16.0. The number of rotatable bonds is 6. The minimum absolute atomic E-state index is 0.0128. The van der Waals surface area contributed by atoms with Crippen LogP contribution >= 0.6 is 23.1 Å². The van der Waals surface area contributed by atoms with E-state index in [0.717, 1.165) is 23.1 Å². The maximum atomic E-state index is 13.6. The maximum Gasteiger partial charge on any atom is 0.586 e. The van der Waals surface area contributed by atoms with Gasteiger partial charge in [0.1, 0.15) is 5.82 Å². The van der Waals surface area contributed by atoms with E-state index in [-0.39, 0.29) is 34.5 Å². The van der Waals surface area contributed by atoms with Gasteiger partial charge in [-0.15, -0.1) is 19.0 Å². The van der Waals surface area contributed by atoms with E-state index in [1.807, 2.05) is 0 Å². The van der Waals surface area contributed by atoms with Gasteiger partial charge >= 0.3 is 6.29 Å². The lowest BCUT2D eigenvalue weighted by molar-refractivity contribution is -0.286. The normalized spacial score (nSPS) is 13.9. The summed E-state index contributed by atoms with van der Waals surface area (Å²) in [5.74, 6) is -1.05. The fourth-order valence-electron chi connectivity index (χ4n) is 2.35. The minimum atomic E-state index is -3.72. The molecule has 12 heteroatoms. The van der Waals surface area contributed by atoms with Gasteiger partial charge < -0.3 is 20.1 Å². The fraction of sp³-hybridized carbons (Fsp3) is 0.118. The SMILES string of the molecule is O=C(CSc1nnc(Nc2ccccc2F)s1)Nc1ccc2c(c1)OC(F)(F)O2. The zero-order valence-electron chi connectivity index (χ0n) is 14.3. The van der Waals surface area contributed by atoms with Crippen molar-refractivity contribution in [2.45, 2.75) is 10.6 Å². The number of aromatic nitrogens is 2. The third-order valence-corrected chi connectivity index (χ3v) is 5.51. The summed E-state index contributed by atoms with van der Waals surface area (Å²) in [6.45, 7) is 0. The number of nitrogens with zero attached hydrogens (tertiary/aromatic N) is 2. The average Bonchev–Trinajstić information content (AvgIpc) is 3.23. The summed E-state index contributed by atoms with van der Waals surface area (Å²) >= 11 is 2.30. The Labute approximate surface area is 170 Å². The van der Waals surface area contributed by atoms with E-state index < -0.39 is 12.1 Å². The Balaban J connectivity index is 1.31. The molecule has 1 aliphatic rings. The Morgan fingerprint density at radius 3 is 2.76 bits per heavy atom. The monoisotopic (exact) mass is 440 g/mol. The van der Waals surface area contributed by atoms with Crippen molar-refractivity contribution in [3.8, 4) is 11.5 Å². The second kappa shape index (κ2) is 7.79. The summed E-state index contributed by atoms with van der Waals surface area (Å²) in [6.07, 6.45) is -3.72. The van der Waals surface area contributed by atoms with E-state index in [1.54, 1.807) is 18.2 Å². The van der Waals surface area contributed by atoms with Gasteiger partial charge in [-0.05, 0) is 24.3 Å². The highest BCUT2D eigenvalue weighted by molar-refractivity contribution is 8.01. The minimum Gasteiger partial charge on any atom is -0.395 e. The zero-order chi connectivity index (χ0) is 20.4. The molecule has 0 atom stereocenters. The molecule has 0 saturated carbocycles. The molecule has 2 N–H and O–H groups in total. The predicted molar refractivity (Wildman–Crippen MR) is 102 cm³/mol. The predicted octanol–water partition coefficient (Wildman–Crippen LogP) is 4.47. The molecule has 150 valence electrons. The number of fused-ring (bicyclic) bond motifs is 1. The Kier molecular flexibility index (Phi) is 5.20. The molecule has 1 amide bonds. The highest BCUT2D eigenvalue weighted by Gasteiger charge is 2.43. The summed E-state index contributed by atoms with van der Waals surface area (Å²) in [7, 11) is 0. The van der Waals surface area contributed by atoms with E-state index in [4.69, 9.17) is 0 Å². The van der Waals surface area contributed by atoms with Crippen molar-refractivity contribution >= 4 is 45.5 Å². The number of para-hydroxylation sites is 1. The number of hydrogen-bond donors (Lipinski definition) is 2. The summed E-state index contributed by atoms with van der Waals surface area (Å²) in [5.41, 5.74) is 0.557. The number of alkyl halides is 2. The van der Waals surface area contributed by atoms with Crippen LogP contribution in [0.15, 0.2) is 46.8 Å². The molecular weight excluding hydrogens is 429 g/mol. The Morgan fingerprint density at radius 1 is 1.14 bits per heavy atom. The first-order chi connectivity index (χ1) is 13.9. The molecule has 0 spiro atoms. The van der Waals surface area contributed by atoms with Gasteiger partial charge in [0.2, 0.25) is 11.0 Å². The highest BCUT2D eigenvalue weighted by Crippen LogP contribution is 2.42. The van der Waals surface area contributed by atoms with E-state index >= 15 is 0 Å². The number of anilines is 3. The number of carbonyl (C=O) groups excluding carboxylic acids is 1. The van der Waals surface area contributed by atoms with Crippen LogP contribution in [0.25, 0.3) is 0 Å². The van der Waals surface area contributed by atoms with E-state index in [1.165, 1.54) is 24.3 Å². The largest absolute Gasteiger partial charge is 0.586 e. The second-order valence-corrected chi connectivity index (χ2v) is 7.84. The lowest BCUT2D eigenvalue weighted by Gasteiger charge is -2.05. The highest BCUT2D eigenvalue weighted by atomic mass is 32.2. The van der Waals surface area contributed by atoms with Crippen LogP contribution in [0.5, 0.6) is 11.5 Å². The van der Waals surface area contributed by atoms with Crippen LogP contribution in [-0.2, 0) is 4.79 Å². The Hall–Kier alpha value is -2.99. The second-order valence-electron chi connectivity index (χ2n) is 5.64. The van der Waals surface area contributed by atoms with Gasteiger partial charge in [-0.25, -0.2) is 4.39 Å². The van der Waals surface area contributed by atoms with Crippen LogP contribution < -0.4 is 20.1 Å². The standard InChI is InChI=1S/C17H11F3N4O3S2/c18-10-3-1-2-4-11(10)22-15-23-24-16(29-15)28-8-14(25)21-9-5-6-12-13(7-9)27-17(19,20)26-12/h1-7H,8H2,(H,21,25)(H,22,23). The van der Waals surface area contributed by atoms with Gasteiger partial charge in [0.05, 0.1) is 11.4 Å². The molecule has 0 unspecified atom stereocenters. The molecule has 29 heavy (non-hydrogen) atoms. The molecule has 3 aromatic rings. The van der Waals surface area contributed by atoms with Crippen molar-refractivity contribution < 1.29 is 27.4 Å². The first-order valence-corrected chi connectivity index (χ1v) is 9.86. The van der Waals surface area contributed by atoms with Gasteiger partial charge in [0, 0.05) is 11.8 Å². The summed E-state index contributed by atoms with van der Waals surface area (Å²) in [4.78, 5) is 12.1. The van der Waals surface area contributed by atoms with Crippen molar-refractivity contribution in [2.24, 2.45) is 0 Å². The molecule has 0 bridgehead atoms.